The van der Waals surface area contributed by atoms with E-state index in [4.69, 9.17) is 0 Å². The second-order valence-corrected chi connectivity index (χ2v) is 7.53. The molecule has 1 fully saturated rings. The molecule has 0 aliphatic heterocycles. The molecule has 0 heterocycles. The van der Waals surface area contributed by atoms with Gasteiger partial charge in [-0.1, -0.05) is 45.0 Å². The van der Waals surface area contributed by atoms with Gasteiger partial charge in [-0.25, -0.2) is 0 Å². The largest absolute Gasteiger partial charge is 0.314 e. The molecule has 2 rings (SSSR count). The number of nitrogens with one attached hydrogen (secondary N) is 1. The summed E-state index contributed by atoms with van der Waals surface area (Å²) >= 11 is 0. The lowest BCUT2D eigenvalue weighted by molar-refractivity contribution is 0.221. The van der Waals surface area contributed by atoms with E-state index >= 15 is 0 Å². The summed E-state index contributed by atoms with van der Waals surface area (Å²) in [6.45, 7) is 10.2. The van der Waals surface area contributed by atoms with Crippen molar-refractivity contribution in [2.45, 2.75) is 52.6 Å². The van der Waals surface area contributed by atoms with Gasteiger partial charge in [0, 0.05) is 19.1 Å². The smallest absolute Gasteiger partial charge is 0.0230 e. The average molecular weight is 274 g/mol. The molecule has 1 N–H and O–H groups in total. The van der Waals surface area contributed by atoms with Crippen LogP contribution in [0, 0.1) is 5.41 Å². The van der Waals surface area contributed by atoms with Crippen LogP contribution in [-0.4, -0.2) is 31.1 Å². The Hall–Kier alpha value is -0.860. The molecule has 0 saturated heterocycles. The predicted octanol–water partition coefficient (Wildman–Crippen LogP) is 3.46. The third-order valence-corrected chi connectivity index (χ3v) is 3.64. The van der Waals surface area contributed by atoms with E-state index in [0.717, 1.165) is 32.1 Å². The molecule has 0 amide bonds. The molecule has 0 spiro atoms. The highest BCUT2D eigenvalue weighted by molar-refractivity contribution is 5.22. The van der Waals surface area contributed by atoms with Crippen molar-refractivity contribution in [1.29, 1.82) is 0 Å². The van der Waals surface area contributed by atoms with Gasteiger partial charge in [0.25, 0.3) is 0 Å². The van der Waals surface area contributed by atoms with E-state index in [9.17, 15) is 0 Å². The van der Waals surface area contributed by atoms with Crippen LogP contribution in [0.3, 0.4) is 0 Å². The molecule has 2 heteroatoms. The van der Waals surface area contributed by atoms with Crippen molar-refractivity contribution in [3.8, 4) is 0 Å². The van der Waals surface area contributed by atoms with Gasteiger partial charge in [-0.2, -0.15) is 0 Å². The topological polar surface area (TPSA) is 15.3 Å². The molecule has 0 unspecified atom stereocenters. The van der Waals surface area contributed by atoms with Gasteiger partial charge in [0.05, 0.1) is 0 Å². The van der Waals surface area contributed by atoms with Gasteiger partial charge in [0.1, 0.15) is 0 Å². The first-order chi connectivity index (χ1) is 9.42. The number of hydrogen-bond donors (Lipinski definition) is 1. The van der Waals surface area contributed by atoms with E-state index in [0.29, 0.717) is 5.41 Å². The summed E-state index contributed by atoms with van der Waals surface area (Å²) in [6.07, 6.45) is 3.90. The summed E-state index contributed by atoms with van der Waals surface area (Å²) in [7, 11) is 2.21. The Bertz CT molecular complexity index is 398. The Morgan fingerprint density at radius 1 is 1.10 bits per heavy atom. The summed E-state index contributed by atoms with van der Waals surface area (Å²) < 4.78 is 0. The zero-order valence-corrected chi connectivity index (χ0v) is 13.6. The van der Waals surface area contributed by atoms with Gasteiger partial charge in [-0.05, 0) is 49.4 Å². The zero-order valence-electron chi connectivity index (χ0n) is 13.6. The lowest BCUT2D eigenvalue weighted by Crippen LogP contribution is -2.28. The highest BCUT2D eigenvalue weighted by atomic mass is 15.1. The van der Waals surface area contributed by atoms with Crippen molar-refractivity contribution >= 4 is 0 Å². The highest BCUT2D eigenvalue weighted by Crippen LogP contribution is 2.18. The molecule has 112 valence electrons. The van der Waals surface area contributed by atoms with E-state index in [-0.39, 0.29) is 0 Å². The molecule has 2 nitrogen and oxygen atoms in total. The lowest BCUT2D eigenvalue weighted by atomic mass is 9.96. The molecule has 0 aromatic heterocycles. The maximum Gasteiger partial charge on any atom is 0.0230 e. The van der Waals surface area contributed by atoms with Crippen LogP contribution in [-0.2, 0) is 13.0 Å². The summed E-state index contributed by atoms with van der Waals surface area (Å²) in [5.74, 6) is 0. The Labute approximate surface area is 124 Å². The van der Waals surface area contributed by atoms with Gasteiger partial charge in [-0.15, -0.1) is 0 Å². The second kappa shape index (κ2) is 6.73. The molecule has 1 aromatic carbocycles. The predicted molar refractivity (Wildman–Crippen MR) is 87.0 cm³/mol. The molecule has 0 atom stereocenters. The summed E-state index contributed by atoms with van der Waals surface area (Å²) in [4.78, 5) is 2.41. The zero-order chi connectivity index (χ0) is 14.6. The highest BCUT2D eigenvalue weighted by Gasteiger charge is 2.19. The van der Waals surface area contributed by atoms with Gasteiger partial charge in [0.2, 0.25) is 0 Å². The standard InChI is InChI=1S/C18H30N2/c1-18(2,3)14-20(4)13-16-7-5-15(6-8-16)11-12-19-17-9-10-17/h5-8,17,19H,9-14H2,1-4H3. The number of rotatable bonds is 7. The fourth-order valence-electron chi connectivity index (χ4n) is 2.70. The van der Waals surface area contributed by atoms with Gasteiger partial charge in [-0.3, -0.25) is 0 Å². The number of benzene rings is 1. The van der Waals surface area contributed by atoms with Gasteiger partial charge in [0.15, 0.2) is 0 Å². The molecule has 1 saturated carbocycles. The van der Waals surface area contributed by atoms with E-state index in [1.165, 1.54) is 24.0 Å². The van der Waals surface area contributed by atoms with Crippen molar-refractivity contribution in [3.05, 3.63) is 35.4 Å². The van der Waals surface area contributed by atoms with Crippen molar-refractivity contribution in [2.24, 2.45) is 5.41 Å². The number of hydrogen-bond acceptors (Lipinski definition) is 2. The van der Waals surface area contributed by atoms with E-state index in [1.807, 2.05) is 0 Å². The van der Waals surface area contributed by atoms with Crippen LogP contribution in [0.4, 0.5) is 0 Å². The van der Waals surface area contributed by atoms with Crippen LogP contribution >= 0.6 is 0 Å². The third kappa shape index (κ3) is 6.06. The minimum Gasteiger partial charge on any atom is -0.314 e. The fourth-order valence-corrected chi connectivity index (χ4v) is 2.70. The average Bonchev–Trinajstić information content (AvgIpc) is 3.13. The third-order valence-electron chi connectivity index (χ3n) is 3.64. The Balaban J connectivity index is 1.75. The molecule has 20 heavy (non-hydrogen) atoms. The van der Waals surface area contributed by atoms with E-state index in [1.54, 1.807) is 0 Å². The van der Waals surface area contributed by atoms with Crippen LogP contribution in [0.15, 0.2) is 24.3 Å². The van der Waals surface area contributed by atoms with Crippen LogP contribution < -0.4 is 5.32 Å². The van der Waals surface area contributed by atoms with E-state index in [2.05, 4.69) is 62.3 Å². The summed E-state index contributed by atoms with van der Waals surface area (Å²) in [5, 5.41) is 3.57. The first kappa shape index (κ1) is 15.5. The van der Waals surface area contributed by atoms with Gasteiger partial charge < -0.3 is 10.2 Å². The lowest BCUT2D eigenvalue weighted by Gasteiger charge is -2.26. The SMILES string of the molecule is CN(Cc1ccc(CCNC2CC2)cc1)CC(C)(C)C. The van der Waals surface area contributed by atoms with Crippen molar-refractivity contribution in [2.75, 3.05) is 20.1 Å². The quantitative estimate of drug-likeness (QED) is 0.819. The Morgan fingerprint density at radius 3 is 2.25 bits per heavy atom. The molecular formula is C18H30N2. The molecule has 0 bridgehead atoms. The number of nitrogens with zero attached hydrogens (tertiary/aromatic N) is 1. The monoisotopic (exact) mass is 274 g/mol. The van der Waals surface area contributed by atoms with Crippen molar-refractivity contribution in [1.82, 2.24) is 10.2 Å². The molecule has 1 aromatic rings. The first-order valence-corrected chi connectivity index (χ1v) is 7.92. The van der Waals surface area contributed by atoms with Crippen LogP contribution in [0.1, 0.15) is 44.7 Å². The summed E-state index contributed by atoms with van der Waals surface area (Å²) in [6, 6.07) is 9.96. The second-order valence-electron chi connectivity index (χ2n) is 7.53. The van der Waals surface area contributed by atoms with Crippen molar-refractivity contribution < 1.29 is 0 Å². The van der Waals surface area contributed by atoms with Crippen LogP contribution in [0.2, 0.25) is 0 Å². The maximum absolute atomic E-state index is 3.57. The van der Waals surface area contributed by atoms with Crippen LogP contribution in [0.5, 0.6) is 0 Å². The minimum atomic E-state index is 0.364. The van der Waals surface area contributed by atoms with Crippen molar-refractivity contribution in [3.63, 3.8) is 0 Å². The Kier molecular flexibility index (Phi) is 5.22. The first-order valence-electron chi connectivity index (χ1n) is 7.92. The normalized spacial score (nSPS) is 15.8. The van der Waals surface area contributed by atoms with E-state index < -0.39 is 0 Å². The molecule has 1 aliphatic rings. The van der Waals surface area contributed by atoms with Crippen LogP contribution in [0.25, 0.3) is 0 Å². The molecule has 0 radical (unpaired) electrons. The Morgan fingerprint density at radius 2 is 1.70 bits per heavy atom. The molecule has 1 aliphatic carbocycles. The fraction of sp³-hybridized carbons (Fsp3) is 0.667. The van der Waals surface area contributed by atoms with Gasteiger partial charge >= 0.3 is 0 Å². The summed E-state index contributed by atoms with van der Waals surface area (Å²) in [5.41, 5.74) is 3.22. The maximum atomic E-state index is 3.57. The molecular weight excluding hydrogens is 244 g/mol. The minimum absolute atomic E-state index is 0.364.